The first kappa shape index (κ1) is 16.6. The van der Waals surface area contributed by atoms with E-state index >= 15 is 0 Å². The number of likely N-dealkylation sites (tertiary alicyclic amines) is 1. The third-order valence-corrected chi connectivity index (χ3v) is 5.55. The van der Waals surface area contributed by atoms with E-state index in [0.29, 0.717) is 28.8 Å². The number of hydrogen-bond donors (Lipinski definition) is 2. The van der Waals surface area contributed by atoms with Crippen LogP contribution in [-0.2, 0) is 0 Å². The third-order valence-electron chi connectivity index (χ3n) is 4.10. The number of nitrogens with zero attached hydrogens (tertiary/aromatic N) is 1. The SMILES string of the molecule is O=C(Nc1ccc(Cl)c(Cl)c1)N1C[C@@H](CO)[C@H](c2ccsc2)C1. The van der Waals surface area contributed by atoms with Crippen molar-refractivity contribution in [2.24, 2.45) is 5.92 Å². The van der Waals surface area contributed by atoms with Crippen LogP contribution in [0.15, 0.2) is 35.0 Å². The van der Waals surface area contributed by atoms with E-state index in [4.69, 9.17) is 23.2 Å². The second-order valence-electron chi connectivity index (χ2n) is 5.57. The number of benzene rings is 1. The molecule has 122 valence electrons. The summed E-state index contributed by atoms with van der Waals surface area (Å²) in [5.74, 6) is 0.231. The average molecular weight is 371 g/mol. The number of amides is 2. The lowest BCUT2D eigenvalue weighted by Crippen LogP contribution is -2.33. The van der Waals surface area contributed by atoms with E-state index in [1.807, 2.05) is 5.38 Å². The summed E-state index contributed by atoms with van der Waals surface area (Å²) in [6, 6.07) is 6.84. The zero-order chi connectivity index (χ0) is 16.4. The molecule has 1 fully saturated rings. The fraction of sp³-hybridized carbons (Fsp3) is 0.312. The van der Waals surface area contributed by atoms with Gasteiger partial charge in [0.25, 0.3) is 0 Å². The van der Waals surface area contributed by atoms with Gasteiger partial charge in [-0.05, 0) is 40.6 Å². The van der Waals surface area contributed by atoms with E-state index < -0.39 is 0 Å². The van der Waals surface area contributed by atoms with E-state index in [1.165, 1.54) is 5.56 Å². The normalized spacial score (nSPS) is 20.7. The lowest BCUT2D eigenvalue weighted by molar-refractivity contribution is 0.207. The van der Waals surface area contributed by atoms with Gasteiger partial charge in [-0.2, -0.15) is 11.3 Å². The Morgan fingerprint density at radius 2 is 2.13 bits per heavy atom. The Morgan fingerprint density at radius 1 is 1.30 bits per heavy atom. The number of nitrogens with one attached hydrogen (secondary N) is 1. The molecular weight excluding hydrogens is 355 g/mol. The molecule has 1 aliphatic heterocycles. The van der Waals surface area contributed by atoms with Crippen molar-refractivity contribution >= 4 is 46.3 Å². The molecule has 0 aliphatic carbocycles. The Bertz CT molecular complexity index is 693. The van der Waals surface area contributed by atoms with Crippen LogP contribution >= 0.6 is 34.5 Å². The van der Waals surface area contributed by atoms with Gasteiger partial charge < -0.3 is 15.3 Å². The summed E-state index contributed by atoms with van der Waals surface area (Å²) in [5.41, 5.74) is 1.78. The fourth-order valence-corrected chi connectivity index (χ4v) is 3.88. The Kier molecular flexibility index (Phi) is 5.11. The molecule has 2 N–H and O–H groups in total. The molecule has 1 aromatic carbocycles. The first-order chi connectivity index (χ1) is 11.1. The van der Waals surface area contributed by atoms with Gasteiger partial charge in [0.1, 0.15) is 0 Å². The molecule has 2 heterocycles. The molecule has 4 nitrogen and oxygen atoms in total. The summed E-state index contributed by atoms with van der Waals surface area (Å²) in [7, 11) is 0. The summed E-state index contributed by atoms with van der Waals surface area (Å²) >= 11 is 13.5. The quantitative estimate of drug-likeness (QED) is 0.846. The maximum atomic E-state index is 12.4. The van der Waals surface area contributed by atoms with Crippen molar-refractivity contribution < 1.29 is 9.90 Å². The summed E-state index contributed by atoms with van der Waals surface area (Å²) in [5, 5.41) is 17.4. The highest BCUT2D eigenvalue weighted by Gasteiger charge is 2.36. The minimum Gasteiger partial charge on any atom is -0.396 e. The predicted octanol–water partition coefficient (Wildman–Crippen LogP) is 4.29. The molecule has 3 rings (SSSR count). The van der Waals surface area contributed by atoms with Crippen LogP contribution in [0.2, 0.25) is 10.0 Å². The van der Waals surface area contributed by atoms with E-state index in [2.05, 4.69) is 16.8 Å². The van der Waals surface area contributed by atoms with Crippen molar-refractivity contribution in [3.63, 3.8) is 0 Å². The van der Waals surface area contributed by atoms with Crippen LogP contribution in [0, 0.1) is 5.92 Å². The standard InChI is InChI=1S/C16H16Cl2N2O2S/c17-14-2-1-12(5-15(14)18)19-16(22)20-6-11(8-21)13(7-20)10-3-4-23-9-10/h1-5,9,11,13,21H,6-8H2,(H,19,22)/t11-,13-/m0/s1. The van der Waals surface area contributed by atoms with E-state index in [9.17, 15) is 9.90 Å². The molecule has 0 unspecified atom stereocenters. The lowest BCUT2D eigenvalue weighted by atomic mass is 9.92. The number of carbonyl (C=O) groups excluding carboxylic acids is 1. The van der Waals surface area contributed by atoms with Crippen LogP contribution in [0.1, 0.15) is 11.5 Å². The number of halogens is 2. The predicted molar refractivity (Wildman–Crippen MR) is 94.7 cm³/mol. The van der Waals surface area contributed by atoms with Gasteiger partial charge in [-0.15, -0.1) is 0 Å². The molecule has 0 spiro atoms. The van der Waals surface area contributed by atoms with Crippen molar-refractivity contribution in [2.45, 2.75) is 5.92 Å². The molecule has 0 bridgehead atoms. The van der Waals surface area contributed by atoms with Crippen molar-refractivity contribution in [1.82, 2.24) is 4.90 Å². The number of anilines is 1. The second-order valence-corrected chi connectivity index (χ2v) is 7.16. The smallest absolute Gasteiger partial charge is 0.321 e. The van der Waals surface area contributed by atoms with Crippen LogP contribution in [0.3, 0.4) is 0 Å². The van der Waals surface area contributed by atoms with Crippen molar-refractivity contribution in [3.05, 3.63) is 50.6 Å². The minimum absolute atomic E-state index is 0.0594. The second kappa shape index (κ2) is 7.09. The first-order valence-corrected chi connectivity index (χ1v) is 8.92. The molecule has 23 heavy (non-hydrogen) atoms. The zero-order valence-electron chi connectivity index (χ0n) is 12.2. The molecule has 0 radical (unpaired) electrons. The van der Waals surface area contributed by atoms with Gasteiger partial charge in [0.2, 0.25) is 0 Å². The minimum atomic E-state index is -0.195. The molecular formula is C16H16Cl2N2O2S. The molecule has 2 amide bonds. The molecule has 7 heteroatoms. The highest BCUT2D eigenvalue weighted by molar-refractivity contribution is 7.08. The van der Waals surface area contributed by atoms with Gasteiger partial charge in [0.05, 0.1) is 10.0 Å². The monoisotopic (exact) mass is 370 g/mol. The molecule has 2 aromatic rings. The van der Waals surface area contributed by atoms with Crippen molar-refractivity contribution in [3.8, 4) is 0 Å². The largest absolute Gasteiger partial charge is 0.396 e. The lowest BCUT2D eigenvalue weighted by Gasteiger charge is -2.17. The fourth-order valence-electron chi connectivity index (χ4n) is 2.86. The van der Waals surface area contributed by atoms with Crippen molar-refractivity contribution in [1.29, 1.82) is 0 Å². The number of aliphatic hydroxyl groups is 1. The van der Waals surface area contributed by atoms with E-state index in [1.54, 1.807) is 34.4 Å². The van der Waals surface area contributed by atoms with Gasteiger partial charge in [-0.1, -0.05) is 23.2 Å². The summed E-state index contributed by atoms with van der Waals surface area (Å²) in [6.45, 7) is 1.19. The number of urea groups is 1. The third kappa shape index (κ3) is 3.63. The maximum Gasteiger partial charge on any atom is 0.321 e. The number of thiophene rings is 1. The molecule has 1 aliphatic rings. The Morgan fingerprint density at radius 3 is 2.78 bits per heavy atom. The van der Waals surface area contributed by atoms with Crippen molar-refractivity contribution in [2.75, 3.05) is 25.0 Å². The summed E-state index contributed by atoms with van der Waals surface area (Å²) in [6.07, 6.45) is 0. The van der Waals surface area contributed by atoms with Crippen LogP contribution in [0.4, 0.5) is 10.5 Å². The highest BCUT2D eigenvalue weighted by atomic mass is 35.5. The number of carbonyl (C=O) groups is 1. The highest BCUT2D eigenvalue weighted by Crippen LogP contribution is 2.34. The van der Waals surface area contributed by atoms with E-state index in [0.717, 1.165) is 0 Å². The Hall–Kier alpha value is -1.27. The molecule has 2 atom stereocenters. The number of hydrogen-bond acceptors (Lipinski definition) is 3. The van der Waals surface area contributed by atoms with Gasteiger partial charge >= 0.3 is 6.03 Å². The van der Waals surface area contributed by atoms with Gasteiger partial charge in [0.15, 0.2) is 0 Å². The molecule has 1 aromatic heterocycles. The number of aliphatic hydroxyl groups excluding tert-OH is 1. The Labute approximate surface area is 148 Å². The van der Waals surface area contributed by atoms with Crippen LogP contribution in [0.5, 0.6) is 0 Å². The van der Waals surface area contributed by atoms with Gasteiger partial charge in [0, 0.05) is 37.2 Å². The summed E-state index contributed by atoms with van der Waals surface area (Å²) in [4.78, 5) is 14.2. The Balaban J connectivity index is 1.69. The van der Waals surface area contributed by atoms with Gasteiger partial charge in [-0.25, -0.2) is 4.79 Å². The van der Waals surface area contributed by atoms with Gasteiger partial charge in [-0.3, -0.25) is 0 Å². The van der Waals surface area contributed by atoms with Crippen LogP contribution in [-0.4, -0.2) is 35.7 Å². The average Bonchev–Trinajstić information content (AvgIpc) is 3.19. The van der Waals surface area contributed by atoms with Crippen LogP contribution in [0.25, 0.3) is 0 Å². The summed E-state index contributed by atoms with van der Waals surface area (Å²) < 4.78 is 0. The zero-order valence-corrected chi connectivity index (χ0v) is 14.5. The molecule has 1 saturated heterocycles. The number of rotatable bonds is 3. The topological polar surface area (TPSA) is 52.6 Å². The van der Waals surface area contributed by atoms with E-state index in [-0.39, 0.29) is 24.5 Å². The molecule has 0 saturated carbocycles. The maximum absolute atomic E-state index is 12.4. The first-order valence-electron chi connectivity index (χ1n) is 7.22. The van der Waals surface area contributed by atoms with Crippen LogP contribution < -0.4 is 5.32 Å².